The molecule has 2 heterocycles. The third-order valence-corrected chi connectivity index (χ3v) is 6.47. The first-order valence-electron chi connectivity index (χ1n) is 10.7. The van der Waals surface area contributed by atoms with Gasteiger partial charge in [-0.05, 0) is 43.4 Å². The molecule has 5 rings (SSSR count). The second-order valence-electron chi connectivity index (χ2n) is 8.79. The molecule has 7 heteroatoms. The van der Waals surface area contributed by atoms with Crippen molar-refractivity contribution in [2.75, 3.05) is 24.6 Å². The van der Waals surface area contributed by atoms with Crippen molar-refractivity contribution in [1.82, 2.24) is 15.5 Å². The molecule has 0 radical (unpaired) electrons. The number of aromatic nitrogens is 2. The van der Waals surface area contributed by atoms with Crippen molar-refractivity contribution in [2.24, 2.45) is 17.8 Å². The van der Waals surface area contributed by atoms with Crippen LogP contribution in [0.3, 0.4) is 0 Å². The summed E-state index contributed by atoms with van der Waals surface area (Å²) in [6.07, 6.45) is 4.56. The van der Waals surface area contributed by atoms with Gasteiger partial charge in [0.05, 0.1) is 12.1 Å². The van der Waals surface area contributed by atoms with Crippen molar-refractivity contribution in [2.45, 2.75) is 44.8 Å². The number of hydrogen-bond acceptors (Lipinski definition) is 6. The molecule has 154 valence electrons. The zero-order valence-electron chi connectivity index (χ0n) is 16.8. The van der Waals surface area contributed by atoms with E-state index in [2.05, 4.69) is 20.4 Å². The molecule has 2 saturated carbocycles. The third kappa shape index (κ3) is 4.15. The molecular formula is C22H28N4O3. The number of nitrogens with zero attached hydrogens (tertiary/aromatic N) is 3. The molecule has 3 fully saturated rings. The fourth-order valence-corrected chi connectivity index (χ4v) is 4.76. The average molecular weight is 396 g/mol. The summed E-state index contributed by atoms with van der Waals surface area (Å²) in [5.74, 6) is 2.39. The Morgan fingerprint density at radius 3 is 2.69 bits per heavy atom. The van der Waals surface area contributed by atoms with Crippen LogP contribution in [0.25, 0.3) is 11.4 Å². The Hall–Kier alpha value is -2.41. The van der Waals surface area contributed by atoms with Gasteiger partial charge in [-0.15, -0.1) is 0 Å². The van der Waals surface area contributed by atoms with Crippen LogP contribution in [0.15, 0.2) is 34.9 Å². The number of ether oxygens (including phenoxy) is 1. The van der Waals surface area contributed by atoms with E-state index in [1.165, 1.54) is 12.8 Å². The summed E-state index contributed by atoms with van der Waals surface area (Å²) >= 11 is 0. The SMILES string of the molecule is CC(=O)N[C@@H]1C[C@@H]2CN(c3nc(-c4ccccc4)no3)C[C@@H]2C[C@H]1OCC1CC1. The Kier molecular flexibility index (Phi) is 4.99. The van der Waals surface area contributed by atoms with Gasteiger partial charge in [-0.1, -0.05) is 35.5 Å². The Balaban J connectivity index is 1.27. The highest BCUT2D eigenvalue weighted by atomic mass is 16.5. The highest BCUT2D eigenvalue weighted by molar-refractivity contribution is 5.73. The van der Waals surface area contributed by atoms with Crippen LogP contribution in [0.5, 0.6) is 0 Å². The monoisotopic (exact) mass is 396 g/mol. The van der Waals surface area contributed by atoms with E-state index in [-0.39, 0.29) is 18.1 Å². The topological polar surface area (TPSA) is 80.5 Å². The normalized spacial score (nSPS) is 28.9. The van der Waals surface area contributed by atoms with E-state index in [1.807, 2.05) is 30.3 Å². The molecule has 2 aliphatic carbocycles. The van der Waals surface area contributed by atoms with Crippen LogP contribution < -0.4 is 10.2 Å². The number of benzene rings is 1. The Morgan fingerprint density at radius 2 is 1.97 bits per heavy atom. The molecule has 1 aliphatic heterocycles. The van der Waals surface area contributed by atoms with Gasteiger partial charge in [0.15, 0.2) is 0 Å². The van der Waals surface area contributed by atoms with Gasteiger partial charge in [-0.3, -0.25) is 4.79 Å². The summed E-state index contributed by atoms with van der Waals surface area (Å²) in [7, 11) is 0. The van der Waals surface area contributed by atoms with Crippen LogP contribution in [0.2, 0.25) is 0 Å². The molecule has 0 unspecified atom stereocenters. The Bertz CT molecular complexity index is 851. The standard InChI is InChI=1S/C22H28N4O3/c1-14(27)23-19-9-17-11-26(12-18(17)10-20(19)28-13-15-7-8-15)22-24-21(25-29-22)16-5-3-2-4-6-16/h2-6,15,17-20H,7-13H2,1H3,(H,23,27)/t17-,18+,19-,20-/m1/s1. The molecular weight excluding hydrogens is 368 g/mol. The van der Waals surface area contributed by atoms with Gasteiger partial charge in [0.1, 0.15) is 0 Å². The fourth-order valence-electron chi connectivity index (χ4n) is 4.76. The maximum Gasteiger partial charge on any atom is 0.324 e. The molecule has 0 spiro atoms. The van der Waals surface area contributed by atoms with Gasteiger partial charge >= 0.3 is 6.01 Å². The number of carbonyl (C=O) groups excluding carboxylic acids is 1. The summed E-state index contributed by atoms with van der Waals surface area (Å²) in [6.45, 7) is 4.20. The smallest absolute Gasteiger partial charge is 0.324 e. The van der Waals surface area contributed by atoms with Crippen molar-refractivity contribution in [3.05, 3.63) is 30.3 Å². The van der Waals surface area contributed by atoms with Crippen molar-refractivity contribution < 1.29 is 14.1 Å². The number of amides is 1. The van der Waals surface area contributed by atoms with Crippen molar-refractivity contribution in [3.63, 3.8) is 0 Å². The molecule has 1 amide bonds. The zero-order valence-corrected chi connectivity index (χ0v) is 16.8. The van der Waals surface area contributed by atoms with E-state index >= 15 is 0 Å². The first kappa shape index (κ1) is 18.6. The van der Waals surface area contributed by atoms with Crippen LogP contribution in [-0.4, -0.2) is 47.9 Å². The highest BCUT2D eigenvalue weighted by Crippen LogP contribution is 2.40. The minimum atomic E-state index is 0.0210. The summed E-state index contributed by atoms with van der Waals surface area (Å²) < 4.78 is 11.8. The van der Waals surface area contributed by atoms with Crippen molar-refractivity contribution >= 4 is 11.9 Å². The fraction of sp³-hybridized carbons (Fsp3) is 0.591. The largest absolute Gasteiger partial charge is 0.376 e. The van der Waals surface area contributed by atoms with Crippen LogP contribution >= 0.6 is 0 Å². The molecule has 7 nitrogen and oxygen atoms in total. The van der Waals surface area contributed by atoms with E-state index < -0.39 is 0 Å². The summed E-state index contributed by atoms with van der Waals surface area (Å²) in [5.41, 5.74) is 0.957. The van der Waals surface area contributed by atoms with E-state index in [1.54, 1.807) is 6.92 Å². The number of fused-ring (bicyclic) bond motifs is 1. The predicted octanol–water partition coefficient (Wildman–Crippen LogP) is 2.88. The lowest BCUT2D eigenvalue weighted by Crippen LogP contribution is -2.50. The first-order valence-corrected chi connectivity index (χ1v) is 10.7. The summed E-state index contributed by atoms with van der Waals surface area (Å²) in [5, 5.41) is 7.30. The molecule has 29 heavy (non-hydrogen) atoms. The Labute approximate surface area is 170 Å². The molecule has 0 bridgehead atoms. The Morgan fingerprint density at radius 1 is 1.21 bits per heavy atom. The number of carbonyl (C=O) groups is 1. The zero-order chi connectivity index (χ0) is 19.8. The highest BCUT2D eigenvalue weighted by Gasteiger charge is 2.44. The minimum absolute atomic E-state index is 0.0210. The lowest BCUT2D eigenvalue weighted by molar-refractivity contribution is -0.122. The molecule has 1 N–H and O–H groups in total. The van der Waals surface area contributed by atoms with Gasteiger partial charge in [0.25, 0.3) is 0 Å². The van der Waals surface area contributed by atoms with Crippen LogP contribution in [-0.2, 0) is 9.53 Å². The lowest BCUT2D eigenvalue weighted by atomic mass is 9.77. The minimum Gasteiger partial charge on any atom is -0.376 e. The van der Waals surface area contributed by atoms with Gasteiger partial charge in [-0.2, -0.15) is 4.98 Å². The number of nitrogens with one attached hydrogen (secondary N) is 1. The maximum atomic E-state index is 11.7. The maximum absolute atomic E-state index is 11.7. The molecule has 3 aliphatic rings. The molecule has 1 saturated heterocycles. The molecule has 2 aromatic rings. The number of hydrogen-bond donors (Lipinski definition) is 1. The molecule has 1 aromatic carbocycles. The van der Waals surface area contributed by atoms with Crippen molar-refractivity contribution in [3.8, 4) is 11.4 Å². The summed E-state index contributed by atoms with van der Waals surface area (Å²) in [4.78, 5) is 18.5. The average Bonchev–Trinajstić information content (AvgIpc) is 3.25. The van der Waals surface area contributed by atoms with Gasteiger partial charge in [0, 0.05) is 32.2 Å². The quantitative estimate of drug-likeness (QED) is 0.809. The van der Waals surface area contributed by atoms with Crippen LogP contribution in [0.1, 0.15) is 32.6 Å². The van der Waals surface area contributed by atoms with Crippen LogP contribution in [0, 0.1) is 17.8 Å². The van der Waals surface area contributed by atoms with E-state index in [4.69, 9.17) is 9.26 Å². The second-order valence-corrected chi connectivity index (χ2v) is 8.79. The molecule has 4 atom stereocenters. The lowest BCUT2D eigenvalue weighted by Gasteiger charge is -2.38. The third-order valence-electron chi connectivity index (χ3n) is 6.47. The van der Waals surface area contributed by atoms with Crippen LogP contribution in [0.4, 0.5) is 6.01 Å². The van der Waals surface area contributed by atoms with E-state index in [9.17, 15) is 4.79 Å². The first-order chi connectivity index (χ1) is 14.2. The predicted molar refractivity (Wildman–Crippen MR) is 108 cm³/mol. The second kappa shape index (κ2) is 7.78. The van der Waals surface area contributed by atoms with Gasteiger partial charge in [-0.25, -0.2) is 0 Å². The summed E-state index contributed by atoms with van der Waals surface area (Å²) in [6, 6.07) is 10.6. The van der Waals surface area contributed by atoms with E-state index in [0.717, 1.165) is 44.0 Å². The van der Waals surface area contributed by atoms with Gasteiger partial charge in [0.2, 0.25) is 11.7 Å². The molecule has 1 aromatic heterocycles. The number of rotatable bonds is 6. The van der Waals surface area contributed by atoms with E-state index in [0.29, 0.717) is 23.7 Å². The van der Waals surface area contributed by atoms with Crippen molar-refractivity contribution in [1.29, 1.82) is 0 Å². The van der Waals surface area contributed by atoms with Gasteiger partial charge < -0.3 is 19.5 Å². The number of anilines is 1.